The van der Waals surface area contributed by atoms with Gasteiger partial charge in [-0.3, -0.25) is 0 Å². The van der Waals surface area contributed by atoms with Crippen LogP contribution in [0.15, 0.2) is 11.1 Å². The van der Waals surface area contributed by atoms with Crippen LogP contribution in [0.3, 0.4) is 0 Å². The van der Waals surface area contributed by atoms with Gasteiger partial charge in [-0.25, -0.2) is 13.4 Å². The number of nitrogen functional groups attached to an aromatic ring is 2. The summed E-state index contributed by atoms with van der Waals surface area (Å²) in [5, 5.41) is 0. The monoisotopic (exact) mass is 291 g/mol. The molecule has 0 saturated heterocycles. The second kappa shape index (κ2) is 4.11. The Hall–Kier alpha value is -1.42. The first kappa shape index (κ1) is 13.6. The summed E-state index contributed by atoms with van der Waals surface area (Å²) in [7, 11) is 0.409. The van der Waals surface area contributed by atoms with Crippen LogP contribution in [0.2, 0.25) is 0 Å². The number of pyridine rings is 1. The van der Waals surface area contributed by atoms with Crippen LogP contribution in [0, 0.1) is 0 Å². The number of rotatable bonds is 2. The highest BCUT2D eigenvalue weighted by Crippen LogP contribution is 2.38. The largest absolute Gasteiger partial charge is 0.573 e. The second-order valence-corrected chi connectivity index (χ2v) is 5.27. The van der Waals surface area contributed by atoms with Gasteiger partial charge in [0.1, 0.15) is 10.6 Å². The van der Waals surface area contributed by atoms with E-state index in [1.807, 2.05) is 0 Å². The molecule has 1 heterocycles. The fourth-order valence-electron chi connectivity index (χ4n) is 0.900. The third-order valence-corrected chi connectivity index (χ3v) is 2.86. The summed E-state index contributed by atoms with van der Waals surface area (Å²) in [5.41, 5.74) is 9.52. The summed E-state index contributed by atoms with van der Waals surface area (Å²) in [4.78, 5) is 2.27. The molecule has 0 aromatic carbocycles. The van der Waals surface area contributed by atoms with Crippen molar-refractivity contribution < 1.29 is 26.3 Å². The van der Waals surface area contributed by atoms with Crippen LogP contribution in [0.5, 0.6) is 5.75 Å². The Bertz CT molecular complexity index is 545. The number of ether oxygens (including phenoxy) is 1. The fourth-order valence-corrected chi connectivity index (χ4v) is 1.78. The molecular weight excluding hydrogens is 287 g/mol. The second-order valence-electron chi connectivity index (χ2n) is 2.74. The lowest BCUT2D eigenvalue weighted by molar-refractivity contribution is -0.275. The third-order valence-electron chi connectivity index (χ3n) is 1.55. The first-order valence-electron chi connectivity index (χ1n) is 3.76. The van der Waals surface area contributed by atoms with E-state index in [9.17, 15) is 21.6 Å². The number of hydrogen-bond acceptors (Lipinski definition) is 6. The van der Waals surface area contributed by atoms with E-state index in [4.69, 9.17) is 22.1 Å². The Kier molecular flexibility index (Phi) is 3.30. The zero-order chi connectivity index (χ0) is 13.4. The van der Waals surface area contributed by atoms with Crippen molar-refractivity contribution in [3.8, 4) is 5.75 Å². The molecule has 1 rings (SSSR count). The molecule has 0 unspecified atom stereocenters. The van der Waals surface area contributed by atoms with E-state index in [1.165, 1.54) is 0 Å². The molecule has 0 saturated carbocycles. The molecule has 96 valence electrons. The minimum atomic E-state index is -5.14. The van der Waals surface area contributed by atoms with Crippen molar-refractivity contribution in [3.05, 3.63) is 6.20 Å². The average Bonchev–Trinajstić information content (AvgIpc) is 2.08. The van der Waals surface area contributed by atoms with Gasteiger partial charge in [-0.2, -0.15) is 0 Å². The summed E-state index contributed by atoms with van der Waals surface area (Å²) in [6.07, 6.45) is -4.62. The van der Waals surface area contributed by atoms with Crippen molar-refractivity contribution in [2.45, 2.75) is 11.3 Å². The molecule has 0 atom stereocenters. The summed E-state index contributed by atoms with van der Waals surface area (Å²) in [5.74, 6) is -1.70. The summed E-state index contributed by atoms with van der Waals surface area (Å²) >= 11 is 0. The number of aromatic nitrogens is 1. The fraction of sp³-hybridized carbons (Fsp3) is 0.167. The lowest BCUT2D eigenvalue weighted by Gasteiger charge is -2.14. The smallest absolute Gasteiger partial charge is 0.402 e. The van der Waals surface area contributed by atoms with Crippen molar-refractivity contribution in [2.24, 2.45) is 0 Å². The van der Waals surface area contributed by atoms with E-state index in [0.717, 1.165) is 0 Å². The molecule has 1 aromatic heterocycles. The lowest BCUT2D eigenvalue weighted by atomic mass is 10.3. The molecule has 0 spiro atoms. The van der Waals surface area contributed by atoms with Crippen LogP contribution in [0.1, 0.15) is 0 Å². The van der Waals surface area contributed by atoms with Gasteiger partial charge in [0.15, 0.2) is 11.6 Å². The van der Waals surface area contributed by atoms with Gasteiger partial charge in [-0.15, -0.1) is 13.2 Å². The van der Waals surface area contributed by atoms with Crippen LogP contribution < -0.4 is 16.2 Å². The topological polar surface area (TPSA) is 108 Å². The molecule has 0 aliphatic heterocycles. The van der Waals surface area contributed by atoms with Crippen molar-refractivity contribution in [1.29, 1.82) is 0 Å². The van der Waals surface area contributed by atoms with Gasteiger partial charge in [0, 0.05) is 10.7 Å². The van der Waals surface area contributed by atoms with Gasteiger partial charge >= 0.3 is 6.36 Å². The van der Waals surface area contributed by atoms with Crippen LogP contribution in [0.4, 0.5) is 24.7 Å². The number of nitrogens with zero attached hydrogens (tertiary/aromatic N) is 1. The van der Waals surface area contributed by atoms with E-state index in [0.29, 0.717) is 6.20 Å². The Balaban J connectivity index is 3.48. The molecule has 0 aliphatic rings. The maximum Gasteiger partial charge on any atom is 0.573 e. The van der Waals surface area contributed by atoms with E-state index in [1.54, 1.807) is 0 Å². The van der Waals surface area contributed by atoms with E-state index in [2.05, 4.69) is 9.72 Å². The Morgan fingerprint density at radius 3 is 2.29 bits per heavy atom. The highest BCUT2D eigenvalue weighted by molar-refractivity contribution is 8.13. The SMILES string of the molecule is Nc1ncc(S(=O)(=O)Cl)c(OC(F)(F)F)c1N. The Morgan fingerprint density at radius 2 is 1.88 bits per heavy atom. The molecular formula is C6H5ClF3N3O3S. The molecule has 0 fully saturated rings. The lowest BCUT2D eigenvalue weighted by Crippen LogP contribution is -2.20. The van der Waals surface area contributed by atoms with Crippen LogP contribution in [-0.4, -0.2) is 19.8 Å². The predicted molar refractivity (Wildman–Crippen MR) is 52.8 cm³/mol. The normalized spacial score (nSPS) is 12.5. The minimum Gasteiger partial charge on any atom is -0.402 e. The standard InChI is InChI=1S/C6H5ClF3N3O3S/c7-17(14,15)2-1-13-5(12)3(11)4(2)16-6(8,9)10/h1H,11H2,(H2,12,13). The Morgan fingerprint density at radius 1 is 1.35 bits per heavy atom. The molecule has 17 heavy (non-hydrogen) atoms. The maximum atomic E-state index is 12.0. The van der Waals surface area contributed by atoms with Crippen molar-refractivity contribution >= 4 is 31.2 Å². The number of hydrogen-bond donors (Lipinski definition) is 2. The molecule has 4 N–H and O–H groups in total. The summed E-state index contributed by atoms with van der Waals surface area (Å²) in [6.45, 7) is 0. The van der Waals surface area contributed by atoms with Crippen LogP contribution in [-0.2, 0) is 9.05 Å². The van der Waals surface area contributed by atoms with Gasteiger partial charge in [-0.05, 0) is 0 Å². The van der Waals surface area contributed by atoms with Crippen molar-refractivity contribution in [1.82, 2.24) is 4.98 Å². The molecule has 0 bridgehead atoms. The van der Waals surface area contributed by atoms with Crippen LogP contribution in [0.25, 0.3) is 0 Å². The van der Waals surface area contributed by atoms with E-state index < -0.39 is 37.6 Å². The number of alkyl halides is 3. The quantitative estimate of drug-likeness (QED) is 0.789. The number of halogens is 4. The van der Waals surface area contributed by atoms with Crippen LogP contribution >= 0.6 is 10.7 Å². The zero-order valence-corrected chi connectivity index (χ0v) is 9.40. The van der Waals surface area contributed by atoms with Gasteiger partial charge in [0.25, 0.3) is 9.05 Å². The van der Waals surface area contributed by atoms with Gasteiger partial charge in [0.05, 0.1) is 6.20 Å². The molecule has 0 radical (unpaired) electrons. The highest BCUT2D eigenvalue weighted by atomic mass is 35.7. The van der Waals surface area contributed by atoms with Gasteiger partial charge in [0.2, 0.25) is 0 Å². The van der Waals surface area contributed by atoms with Gasteiger partial charge < -0.3 is 16.2 Å². The first-order chi connectivity index (χ1) is 7.52. The number of anilines is 2. The maximum absolute atomic E-state index is 12.0. The summed E-state index contributed by atoms with van der Waals surface area (Å²) < 4.78 is 61.6. The first-order valence-corrected chi connectivity index (χ1v) is 6.07. The molecule has 1 aromatic rings. The molecule has 0 aliphatic carbocycles. The molecule has 6 nitrogen and oxygen atoms in total. The molecule has 11 heteroatoms. The third kappa shape index (κ3) is 3.27. The zero-order valence-electron chi connectivity index (χ0n) is 7.82. The van der Waals surface area contributed by atoms with E-state index in [-0.39, 0.29) is 0 Å². The average molecular weight is 292 g/mol. The number of nitrogens with two attached hydrogens (primary N) is 2. The minimum absolute atomic E-state index is 0.506. The van der Waals surface area contributed by atoms with Crippen molar-refractivity contribution in [2.75, 3.05) is 11.5 Å². The van der Waals surface area contributed by atoms with Gasteiger partial charge in [-0.1, -0.05) is 0 Å². The van der Waals surface area contributed by atoms with Crippen molar-refractivity contribution in [3.63, 3.8) is 0 Å². The predicted octanol–water partition coefficient (Wildman–Crippen LogP) is 1.07. The Labute approximate surface area is 97.7 Å². The molecule has 0 amide bonds. The van der Waals surface area contributed by atoms with E-state index >= 15 is 0 Å². The highest BCUT2D eigenvalue weighted by Gasteiger charge is 2.35. The summed E-state index contributed by atoms with van der Waals surface area (Å²) in [6, 6.07) is 0.